The maximum atomic E-state index is 14.6. The lowest BCUT2D eigenvalue weighted by atomic mass is 10.00. The highest BCUT2D eigenvalue weighted by Crippen LogP contribution is 2.24. The quantitative estimate of drug-likeness (QED) is 0.141. The minimum Gasteiger partial charge on any atom is -0.508 e. The number of benzene rings is 3. The molecule has 3 aliphatic heterocycles. The molecule has 7 unspecified atom stereocenters. The summed E-state index contributed by atoms with van der Waals surface area (Å²) in [5, 5.41) is 53.9. The van der Waals surface area contributed by atoms with Crippen molar-refractivity contribution in [2.24, 2.45) is 5.92 Å². The van der Waals surface area contributed by atoms with E-state index >= 15 is 0 Å². The van der Waals surface area contributed by atoms with Crippen molar-refractivity contribution in [1.29, 1.82) is 0 Å². The van der Waals surface area contributed by atoms with Gasteiger partial charge in [-0.1, -0.05) is 50.2 Å². The van der Waals surface area contributed by atoms with Gasteiger partial charge in [0.2, 0.25) is 41.4 Å². The summed E-state index contributed by atoms with van der Waals surface area (Å²) in [5.41, 5.74) is 1.67. The maximum Gasteiger partial charge on any atom is 0.246 e. The molecule has 3 aromatic carbocycles. The number of nitrogens with one attached hydrogen (secondary N) is 5. The Bertz CT molecular complexity index is 2170. The molecule has 0 spiro atoms. The fourth-order valence-electron chi connectivity index (χ4n) is 8.47. The average Bonchev–Trinajstić information content (AvgIpc) is 3.97. The molecule has 18 nitrogen and oxygen atoms in total. The Morgan fingerprint density at radius 1 is 0.484 bits per heavy atom. The summed E-state index contributed by atoms with van der Waals surface area (Å²) in [4.78, 5) is 103. The van der Waals surface area contributed by atoms with Crippen LogP contribution >= 0.6 is 0 Å². The van der Waals surface area contributed by atoms with Crippen LogP contribution in [-0.2, 0) is 52.8 Å². The Labute approximate surface area is 370 Å². The minimum absolute atomic E-state index is 0.0184. The van der Waals surface area contributed by atoms with E-state index in [9.17, 15) is 54.0 Å². The van der Waals surface area contributed by atoms with Gasteiger partial charge in [-0.15, -0.1) is 0 Å². The van der Waals surface area contributed by atoms with Crippen LogP contribution in [0.25, 0.3) is 0 Å². The third-order valence-corrected chi connectivity index (χ3v) is 11.8. The lowest BCUT2D eigenvalue weighted by Crippen LogP contribution is -2.60. The van der Waals surface area contributed by atoms with Crippen LogP contribution in [0.3, 0.4) is 0 Å². The Kier molecular flexibility index (Phi) is 15.4. The predicted octanol–water partition coefficient (Wildman–Crippen LogP) is 0.289. The molecule has 18 heteroatoms. The zero-order valence-electron chi connectivity index (χ0n) is 35.9. The molecule has 0 bridgehead atoms. The molecule has 6 rings (SSSR count). The average molecular weight is 884 g/mol. The molecule has 3 saturated heterocycles. The number of amides is 7. The van der Waals surface area contributed by atoms with Crippen molar-refractivity contribution in [1.82, 2.24) is 36.4 Å². The Hall–Kier alpha value is -6.69. The van der Waals surface area contributed by atoms with Gasteiger partial charge in [0.25, 0.3) is 0 Å². The number of aliphatic hydroxyl groups is 1. The minimum atomic E-state index is -1.54. The third-order valence-electron chi connectivity index (χ3n) is 11.8. The van der Waals surface area contributed by atoms with E-state index in [2.05, 4.69) is 26.6 Å². The summed E-state index contributed by atoms with van der Waals surface area (Å²) in [5.74, 6) is -5.24. The van der Waals surface area contributed by atoms with Crippen LogP contribution in [0.15, 0.2) is 72.8 Å². The van der Waals surface area contributed by atoms with Gasteiger partial charge in [-0.2, -0.15) is 0 Å². The van der Waals surface area contributed by atoms with Crippen molar-refractivity contribution < 1.29 is 54.0 Å². The molecule has 3 aliphatic rings. The first-order chi connectivity index (χ1) is 30.6. The first-order valence-electron chi connectivity index (χ1n) is 21.7. The van der Waals surface area contributed by atoms with Crippen LogP contribution < -0.4 is 26.6 Å². The standard InChI is InChI=1S/C46H57N7O11/c1-26(2)21-33-40(58)49-35(23-28-9-15-31(56)16-10-28)45(63)52-19-3-5-38(52)43(61)48-34(22-27-7-13-30(55)14-8-27)41(59)50-36(24-29-11-17-32(57)18-12-29)46(64)53-20-4-6-39(53)44(62)51-37(25-54)42(60)47-33/h7-18,26,33-39,54-57H,3-6,19-25H2,1-2H3,(H,47,60)(H,48,61)(H,49,58)(H,50,59)(H,51,62). The first-order valence-corrected chi connectivity index (χ1v) is 21.7. The van der Waals surface area contributed by atoms with Crippen molar-refractivity contribution in [2.45, 2.75) is 108 Å². The van der Waals surface area contributed by atoms with Gasteiger partial charge < -0.3 is 56.8 Å². The van der Waals surface area contributed by atoms with E-state index in [4.69, 9.17) is 0 Å². The number of phenols is 3. The molecule has 3 fully saturated rings. The van der Waals surface area contributed by atoms with Gasteiger partial charge in [0, 0.05) is 32.4 Å². The number of rotatable bonds is 9. The van der Waals surface area contributed by atoms with E-state index in [0.717, 1.165) is 0 Å². The van der Waals surface area contributed by atoms with E-state index in [1.165, 1.54) is 46.2 Å². The van der Waals surface area contributed by atoms with Gasteiger partial charge in [0.15, 0.2) is 0 Å². The highest BCUT2D eigenvalue weighted by atomic mass is 16.3. The Morgan fingerprint density at radius 3 is 1.20 bits per heavy atom. The molecule has 3 aromatic rings. The number of phenolic OH excluding ortho intramolecular Hbond substituents is 3. The van der Waals surface area contributed by atoms with Gasteiger partial charge in [-0.3, -0.25) is 33.6 Å². The zero-order valence-corrected chi connectivity index (χ0v) is 35.9. The lowest BCUT2D eigenvalue weighted by molar-refractivity contribution is -0.143. The molecule has 7 amide bonds. The molecule has 9 N–H and O–H groups in total. The molecule has 342 valence electrons. The van der Waals surface area contributed by atoms with Crippen molar-refractivity contribution >= 4 is 41.4 Å². The van der Waals surface area contributed by atoms with Crippen LogP contribution in [0.5, 0.6) is 17.2 Å². The Morgan fingerprint density at radius 2 is 0.812 bits per heavy atom. The molecule has 0 aliphatic carbocycles. The van der Waals surface area contributed by atoms with Crippen LogP contribution in [0, 0.1) is 5.92 Å². The molecule has 3 heterocycles. The lowest BCUT2D eigenvalue weighted by Gasteiger charge is -2.31. The summed E-state index contributed by atoms with van der Waals surface area (Å²) in [6, 6.07) is 9.21. The largest absolute Gasteiger partial charge is 0.508 e. The predicted molar refractivity (Wildman–Crippen MR) is 231 cm³/mol. The second kappa shape index (κ2) is 21.1. The molecule has 0 radical (unpaired) electrons. The van der Waals surface area contributed by atoms with Crippen molar-refractivity contribution in [2.75, 3.05) is 19.7 Å². The third kappa shape index (κ3) is 11.9. The highest BCUT2D eigenvalue weighted by molar-refractivity contribution is 5.99. The summed E-state index contributed by atoms with van der Waals surface area (Å²) < 4.78 is 0. The smallest absolute Gasteiger partial charge is 0.246 e. The SMILES string of the molecule is CC(C)CC1NC(=O)C(CO)NC(=O)C2CCCN2C(=O)C(Cc2ccc(O)cc2)NC(=O)C(Cc2ccc(O)cc2)NC(=O)C2CCCN2C(=O)C(Cc2ccc(O)cc2)NC1=O. The van der Waals surface area contributed by atoms with Crippen molar-refractivity contribution in [3.05, 3.63) is 89.5 Å². The van der Waals surface area contributed by atoms with Crippen LogP contribution in [-0.4, -0.2) is 134 Å². The van der Waals surface area contributed by atoms with Crippen LogP contribution in [0.2, 0.25) is 0 Å². The summed E-state index contributed by atoms with van der Waals surface area (Å²) in [6.45, 7) is 3.06. The topological polar surface area (TPSA) is 267 Å². The number of hydrogen-bond acceptors (Lipinski definition) is 11. The number of fused-ring (bicyclic) bond motifs is 2. The second-order valence-electron chi connectivity index (χ2n) is 17.1. The number of hydrogen-bond donors (Lipinski definition) is 9. The number of carbonyl (C=O) groups excluding carboxylic acids is 7. The number of carbonyl (C=O) groups is 7. The van der Waals surface area contributed by atoms with Gasteiger partial charge in [-0.25, -0.2) is 0 Å². The summed E-state index contributed by atoms with van der Waals surface area (Å²) >= 11 is 0. The van der Waals surface area contributed by atoms with Crippen LogP contribution in [0.4, 0.5) is 0 Å². The van der Waals surface area contributed by atoms with Gasteiger partial charge in [0.1, 0.15) is 59.5 Å². The zero-order chi connectivity index (χ0) is 46.1. The van der Waals surface area contributed by atoms with Gasteiger partial charge in [0.05, 0.1) is 6.61 Å². The fraction of sp³-hybridized carbons (Fsp3) is 0.457. The van der Waals surface area contributed by atoms with E-state index in [0.29, 0.717) is 29.5 Å². The molecule has 0 aromatic heterocycles. The number of aliphatic hydroxyl groups excluding tert-OH is 1. The van der Waals surface area contributed by atoms with Crippen molar-refractivity contribution in [3.8, 4) is 17.2 Å². The highest BCUT2D eigenvalue weighted by Gasteiger charge is 2.42. The fourth-order valence-corrected chi connectivity index (χ4v) is 8.47. The monoisotopic (exact) mass is 883 g/mol. The first kappa shape index (κ1) is 46.8. The molecular formula is C46H57N7O11. The number of nitrogens with zero attached hydrogens (tertiary/aromatic N) is 2. The van der Waals surface area contributed by atoms with E-state index in [1.54, 1.807) is 36.4 Å². The van der Waals surface area contributed by atoms with Crippen LogP contribution in [0.1, 0.15) is 62.6 Å². The molecular weight excluding hydrogens is 827 g/mol. The molecule has 7 atom stereocenters. The molecule has 0 saturated carbocycles. The maximum absolute atomic E-state index is 14.6. The van der Waals surface area contributed by atoms with E-state index in [1.807, 2.05) is 13.8 Å². The van der Waals surface area contributed by atoms with Gasteiger partial charge >= 0.3 is 0 Å². The second-order valence-corrected chi connectivity index (χ2v) is 17.1. The normalized spacial score (nSPS) is 25.4. The van der Waals surface area contributed by atoms with E-state index < -0.39 is 90.3 Å². The molecule has 64 heavy (non-hydrogen) atoms. The summed E-state index contributed by atoms with van der Waals surface area (Å²) in [7, 11) is 0. The number of aromatic hydroxyl groups is 3. The Balaban J connectivity index is 1.41. The van der Waals surface area contributed by atoms with E-state index in [-0.39, 0.29) is 74.8 Å². The van der Waals surface area contributed by atoms with Gasteiger partial charge in [-0.05, 0) is 91.1 Å². The summed E-state index contributed by atoms with van der Waals surface area (Å²) in [6.07, 6.45) is 1.11. The van der Waals surface area contributed by atoms with Crippen molar-refractivity contribution in [3.63, 3.8) is 0 Å².